The molecule has 0 aliphatic heterocycles. The highest BCUT2D eigenvalue weighted by Crippen LogP contribution is 2.24. The Bertz CT molecular complexity index is 1330. The van der Waals surface area contributed by atoms with Crippen molar-refractivity contribution < 1.29 is 4.79 Å². The van der Waals surface area contributed by atoms with Gasteiger partial charge in [-0.15, -0.1) is 0 Å². The fourth-order valence-electron chi connectivity index (χ4n) is 3.71. The lowest BCUT2D eigenvalue weighted by Gasteiger charge is -2.27. The van der Waals surface area contributed by atoms with E-state index in [-0.39, 0.29) is 11.5 Å². The first-order valence-electron chi connectivity index (χ1n) is 10.5. The van der Waals surface area contributed by atoms with Gasteiger partial charge in [0.1, 0.15) is 5.82 Å². The van der Waals surface area contributed by atoms with Crippen LogP contribution in [0.1, 0.15) is 41.6 Å². The highest BCUT2D eigenvalue weighted by Gasteiger charge is 2.25. The van der Waals surface area contributed by atoms with Crippen LogP contribution in [0.25, 0.3) is 16.6 Å². The number of fused-ring (bicyclic) bond motifs is 1. The zero-order valence-electron chi connectivity index (χ0n) is 18.2. The number of benzene rings is 3. The molecule has 0 radical (unpaired) electrons. The molecule has 0 fully saturated rings. The summed E-state index contributed by atoms with van der Waals surface area (Å²) in [5.74, 6) is 0.326. The van der Waals surface area contributed by atoms with Crippen LogP contribution < -0.4 is 5.56 Å². The van der Waals surface area contributed by atoms with Crippen LogP contribution >= 0.6 is 11.6 Å². The van der Waals surface area contributed by atoms with Crippen LogP contribution in [0.2, 0.25) is 5.02 Å². The van der Waals surface area contributed by atoms with Gasteiger partial charge in [0.2, 0.25) is 0 Å². The number of halogens is 1. The SMILES string of the molecule is CCc1ccc(-n2c(C(C)N(C)C(=O)c3ccc(Cl)cc3)nc3ccccc3c2=O)cc1. The largest absolute Gasteiger partial charge is 0.332 e. The fourth-order valence-corrected chi connectivity index (χ4v) is 3.83. The second kappa shape index (κ2) is 8.97. The second-order valence-corrected chi connectivity index (χ2v) is 8.18. The maximum Gasteiger partial charge on any atom is 0.266 e. The van der Waals surface area contributed by atoms with E-state index in [1.165, 1.54) is 5.56 Å². The number of amides is 1. The normalized spacial score (nSPS) is 12.0. The van der Waals surface area contributed by atoms with Crippen molar-refractivity contribution in [3.63, 3.8) is 0 Å². The Morgan fingerprint density at radius 1 is 1.03 bits per heavy atom. The predicted molar refractivity (Wildman–Crippen MR) is 129 cm³/mol. The highest BCUT2D eigenvalue weighted by molar-refractivity contribution is 6.30. The molecule has 0 saturated heterocycles. The van der Waals surface area contributed by atoms with Gasteiger partial charge >= 0.3 is 0 Å². The third-order valence-electron chi connectivity index (χ3n) is 5.77. The molecule has 0 aliphatic rings. The Labute approximate surface area is 191 Å². The molecule has 1 aromatic heterocycles. The Kier molecular flexibility index (Phi) is 6.10. The number of aryl methyl sites for hydroxylation is 1. The number of aromatic nitrogens is 2. The van der Waals surface area contributed by atoms with Gasteiger partial charge in [-0.2, -0.15) is 0 Å². The van der Waals surface area contributed by atoms with Gasteiger partial charge in [-0.05, 0) is 67.4 Å². The topological polar surface area (TPSA) is 55.2 Å². The zero-order chi connectivity index (χ0) is 22.8. The summed E-state index contributed by atoms with van der Waals surface area (Å²) in [4.78, 5) is 33.0. The molecule has 0 aliphatic carbocycles. The van der Waals surface area contributed by atoms with Crippen molar-refractivity contribution in [2.24, 2.45) is 0 Å². The Hall–Kier alpha value is -3.44. The molecule has 1 amide bonds. The summed E-state index contributed by atoms with van der Waals surface area (Å²) in [5, 5.41) is 1.10. The number of hydrogen-bond donors (Lipinski definition) is 0. The summed E-state index contributed by atoms with van der Waals surface area (Å²) in [6.07, 6.45) is 0.909. The molecule has 3 aromatic carbocycles. The van der Waals surface area contributed by atoms with Gasteiger partial charge in [-0.1, -0.05) is 42.8 Å². The van der Waals surface area contributed by atoms with E-state index < -0.39 is 6.04 Å². The smallest absolute Gasteiger partial charge is 0.266 e. The molecule has 4 aromatic rings. The van der Waals surface area contributed by atoms with Gasteiger partial charge in [-0.3, -0.25) is 14.2 Å². The van der Waals surface area contributed by atoms with E-state index in [4.69, 9.17) is 16.6 Å². The van der Waals surface area contributed by atoms with Crippen molar-refractivity contribution in [2.45, 2.75) is 26.3 Å². The molecule has 1 atom stereocenters. The summed E-state index contributed by atoms with van der Waals surface area (Å²) in [6, 6.07) is 21.4. The summed E-state index contributed by atoms with van der Waals surface area (Å²) in [6.45, 7) is 3.96. The van der Waals surface area contributed by atoms with E-state index in [2.05, 4.69) is 6.92 Å². The molecule has 0 bridgehead atoms. The third kappa shape index (κ3) is 4.04. The molecule has 4 rings (SSSR count). The minimum Gasteiger partial charge on any atom is -0.332 e. The second-order valence-electron chi connectivity index (χ2n) is 7.75. The predicted octanol–water partition coefficient (Wildman–Crippen LogP) is 5.43. The average molecular weight is 446 g/mol. The van der Waals surface area contributed by atoms with Gasteiger partial charge in [0, 0.05) is 17.6 Å². The maximum atomic E-state index is 13.5. The number of hydrogen-bond acceptors (Lipinski definition) is 3. The molecule has 32 heavy (non-hydrogen) atoms. The molecular formula is C26H24ClN3O2. The number of nitrogens with zero attached hydrogens (tertiary/aromatic N) is 3. The number of rotatable bonds is 5. The molecule has 0 saturated carbocycles. The first-order valence-corrected chi connectivity index (χ1v) is 10.9. The van der Waals surface area contributed by atoms with Crippen LogP contribution in [0.5, 0.6) is 0 Å². The van der Waals surface area contributed by atoms with Gasteiger partial charge < -0.3 is 4.90 Å². The molecule has 1 unspecified atom stereocenters. The summed E-state index contributed by atoms with van der Waals surface area (Å²) in [5.41, 5.74) is 2.87. The van der Waals surface area contributed by atoms with E-state index >= 15 is 0 Å². The molecular weight excluding hydrogens is 422 g/mol. The van der Waals surface area contributed by atoms with E-state index in [0.717, 1.165) is 12.1 Å². The molecule has 6 heteroatoms. The van der Waals surface area contributed by atoms with Crippen LogP contribution in [-0.2, 0) is 6.42 Å². The summed E-state index contributed by atoms with van der Waals surface area (Å²) < 4.78 is 1.61. The standard InChI is InChI=1S/C26H24ClN3O2/c1-4-18-9-15-21(16-10-18)30-24(28-23-8-6-5-7-22(23)26(30)32)17(2)29(3)25(31)19-11-13-20(27)14-12-19/h5-17H,4H2,1-3H3. The number of para-hydroxylation sites is 1. The van der Waals surface area contributed by atoms with Crippen LogP contribution in [0.15, 0.2) is 77.6 Å². The van der Waals surface area contributed by atoms with E-state index in [0.29, 0.717) is 27.3 Å². The highest BCUT2D eigenvalue weighted by atomic mass is 35.5. The molecule has 1 heterocycles. The van der Waals surface area contributed by atoms with Crippen LogP contribution in [-0.4, -0.2) is 27.4 Å². The maximum absolute atomic E-state index is 13.5. The van der Waals surface area contributed by atoms with E-state index in [1.807, 2.05) is 49.4 Å². The lowest BCUT2D eigenvalue weighted by molar-refractivity contribution is 0.0735. The van der Waals surface area contributed by atoms with Crippen LogP contribution in [0.3, 0.4) is 0 Å². The third-order valence-corrected chi connectivity index (χ3v) is 6.02. The lowest BCUT2D eigenvalue weighted by atomic mass is 10.1. The van der Waals surface area contributed by atoms with Crippen molar-refractivity contribution in [1.29, 1.82) is 0 Å². The quantitative estimate of drug-likeness (QED) is 0.411. The Morgan fingerprint density at radius 3 is 2.34 bits per heavy atom. The van der Waals surface area contributed by atoms with Crippen molar-refractivity contribution in [1.82, 2.24) is 14.5 Å². The van der Waals surface area contributed by atoms with Crippen molar-refractivity contribution >= 4 is 28.4 Å². The molecule has 0 spiro atoms. The molecule has 162 valence electrons. The van der Waals surface area contributed by atoms with Crippen molar-refractivity contribution in [2.75, 3.05) is 7.05 Å². The Morgan fingerprint density at radius 2 is 1.69 bits per heavy atom. The van der Waals surface area contributed by atoms with Crippen LogP contribution in [0.4, 0.5) is 0 Å². The summed E-state index contributed by atoms with van der Waals surface area (Å²) >= 11 is 5.96. The molecule has 0 N–H and O–H groups in total. The molecule has 5 nitrogen and oxygen atoms in total. The van der Waals surface area contributed by atoms with Gasteiger partial charge in [0.15, 0.2) is 0 Å². The average Bonchev–Trinajstić information content (AvgIpc) is 2.83. The minimum absolute atomic E-state index is 0.158. The number of carbonyl (C=O) groups is 1. The van der Waals surface area contributed by atoms with Gasteiger partial charge in [0.05, 0.1) is 22.6 Å². The first-order chi connectivity index (χ1) is 15.4. The van der Waals surface area contributed by atoms with Crippen molar-refractivity contribution in [3.05, 3.63) is 105 Å². The van der Waals surface area contributed by atoms with E-state index in [1.54, 1.807) is 46.8 Å². The zero-order valence-corrected chi connectivity index (χ0v) is 19.0. The van der Waals surface area contributed by atoms with Crippen LogP contribution in [0, 0.1) is 0 Å². The van der Waals surface area contributed by atoms with Gasteiger partial charge in [0.25, 0.3) is 11.5 Å². The monoisotopic (exact) mass is 445 g/mol. The number of carbonyl (C=O) groups excluding carboxylic acids is 1. The fraction of sp³-hybridized carbons (Fsp3) is 0.192. The van der Waals surface area contributed by atoms with E-state index in [9.17, 15) is 9.59 Å². The van der Waals surface area contributed by atoms with Crippen molar-refractivity contribution in [3.8, 4) is 5.69 Å². The lowest BCUT2D eigenvalue weighted by Crippen LogP contribution is -2.34. The van der Waals surface area contributed by atoms with Gasteiger partial charge in [-0.25, -0.2) is 4.98 Å². The Balaban J connectivity index is 1.85. The summed E-state index contributed by atoms with van der Waals surface area (Å²) in [7, 11) is 1.72. The minimum atomic E-state index is -0.457. The first kappa shape index (κ1) is 21.8.